The van der Waals surface area contributed by atoms with Gasteiger partial charge in [0.05, 0.1) is 19.0 Å². The Morgan fingerprint density at radius 2 is 1.97 bits per heavy atom. The fourth-order valence-corrected chi connectivity index (χ4v) is 7.07. The van der Waals surface area contributed by atoms with Crippen molar-refractivity contribution in [2.75, 3.05) is 36.2 Å². The third-order valence-electron chi connectivity index (χ3n) is 7.26. The van der Waals surface area contributed by atoms with Crippen LogP contribution in [0.15, 0.2) is 12.1 Å². The molecule has 0 aromatic carbocycles. The number of piperidine rings is 2. The number of sulfonamides is 1. The zero-order chi connectivity index (χ0) is 24.6. The second kappa shape index (κ2) is 9.90. The predicted octanol–water partition coefficient (Wildman–Crippen LogP) is 2.59. The van der Waals surface area contributed by atoms with Gasteiger partial charge in [0, 0.05) is 49.4 Å². The first-order valence-corrected chi connectivity index (χ1v) is 14.1. The Labute approximate surface area is 206 Å². The number of ether oxygens (including phenoxy) is 2. The van der Waals surface area contributed by atoms with Gasteiger partial charge in [0.2, 0.25) is 21.9 Å². The molecule has 5 rings (SSSR count). The molecule has 0 aliphatic carbocycles. The number of rotatable bonds is 8. The molecule has 2 aromatic rings. The topological polar surface area (TPSA) is 126 Å². The van der Waals surface area contributed by atoms with Crippen molar-refractivity contribution in [3.05, 3.63) is 17.8 Å². The Kier molecular flexibility index (Phi) is 6.86. The Morgan fingerprint density at radius 1 is 1.20 bits per heavy atom. The molecule has 0 spiro atoms. The summed E-state index contributed by atoms with van der Waals surface area (Å²) < 4.78 is 39.0. The van der Waals surface area contributed by atoms with Gasteiger partial charge in [0.25, 0.3) is 0 Å². The van der Waals surface area contributed by atoms with Crippen LogP contribution in [0.2, 0.25) is 0 Å². The van der Waals surface area contributed by atoms with Gasteiger partial charge in [-0.3, -0.25) is 5.10 Å². The lowest BCUT2D eigenvalue weighted by atomic mass is 9.83. The van der Waals surface area contributed by atoms with Crippen LogP contribution in [0.5, 0.6) is 5.88 Å². The SMILES string of the molecule is CCS(=O)(=O)N1[C@@H]2CCC[C@H]1C[C@@H](N(C)c1nc(Nc3cc(C)[nH]n3)cc(O[C@H]3CCOC3)n1)C2. The minimum Gasteiger partial charge on any atom is -0.472 e. The molecule has 0 unspecified atom stereocenters. The fourth-order valence-electron chi connectivity index (χ4n) is 5.48. The number of anilines is 3. The van der Waals surface area contributed by atoms with Crippen molar-refractivity contribution in [1.82, 2.24) is 24.5 Å². The van der Waals surface area contributed by atoms with Crippen molar-refractivity contribution >= 4 is 27.6 Å². The monoisotopic (exact) mass is 505 g/mol. The predicted molar refractivity (Wildman–Crippen MR) is 133 cm³/mol. The van der Waals surface area contributed by atoms with Gasteiger partial charge in [-0.05, 0) is 39.5 Å². The van der Waals surface area contributed by atoms with Crippen LogP contribution in [0.3, 0.4) is 0 Å². The van der Waals surface area contributed by atoms with Gasteiger partial charge in [-0.2, -0.15) is 19.4 Å². The lowest BCUT2D eigenvalue weighted by molar-refractivity contribution is 0.109. The van der Waals surface area contributed by atoms with E-state index in [4.69, 9.17) is 19.4 Å². The number of nitrogens with zero attached hydrogens (tertiary/aromatic N) is 5. The van der Waals surface area contributed by atoms with Crippen LogP contribution in [0, 0.1) is 6.92 Å². The Bertz CT molecular complexity index is 1120. The summed E-state index contributed by atoms with van der Waals surface area (Å²) in [5.41, 5.74) is 0.943. The number of hydrogen-bond acceptors (Lipinski definition) is 9. The van der Waals surface area contributed by atoms with E-state index in [2.05, 4.69) is 20.4 Å². The quantitative estimate of drug-likeness (QED) is 0.557. The highest BCUT2D eigenvalue weighted by Gasteiger charge is 2.45. The van der Waals surface area contributed by atoms with Crippen LogP contribution in [0.25, 0.3) is 0 Å². The van der Waals surface area contributed by atoms with E-state index in [9.17, 15) is 8.42 Å². The molecule has 192 valence electrons. The maximum absolute atomic E-state index is 12.8. The molecule has 0 radical (unpaired) electrons. The molecule has 3 aliphatic rings. The number of nitrogens with one attached hydrogen (secondary N) is 2. The van der Waals surface area contributed by atoms with Crippen LogP contribution >= 0.6 is 0 Å². The number of hydrogen-bond donors (Lipinski definition) is 2. The minimum atomic E-state index is -3.22. The summed E-state index contributed by atoms with van der Waals surface area (Å²) in [6, 6.07) is 3.88. The average molecular weight is 506 g/mol. The van der Waals surface area contributed by atoms with Crippen LogP contribution in [0.4, 0.5) is 17.6 Å². The number of aryl methyl sites for hydroxylation is 1. The van der Waals surface area contributed by atoms with Crippen LogP contribution in [-0.4, -0.2) is 83.1 Å². The maximum atomic E-state index is 12.8. The first-order valence-electron chi connectivity index (χ1n) is 12.5. The van der Waals surface area contributed by atoms with Gasteiger partial charge < -0.3 is 19.7 Å². The van der Waals surface area contributed by atoms with Gasteiger partial charge in [-0.15, -0.1) is 0 Å². The molecule has 3 aliphatic heterocycles. The largest absolute Gasteiger partial charge is 0.472 e. The molecular weight excluding hydrogens is 470 g/mol. The molecule has 35 heavy (non-hydrogen) atoms. The van der Waals surface area contributed by atoms with E-state index in [1.165, 1.54) is 0 Å². The maximum Gasteiger partial charge on any atom is 0.230 e. The molecule has 3 fully saturated rings. The summed E-state index contributed by atoms with van der Waals surface area (Å²) in [7, 11) is -1.23. The van der Waals surface area contributed by atoms with E-state index in [0.717, 1.165) is 44.2 Å². The Hall–Kier alpha value is -2.44. The molecular formula is C23H35N7O4S. The van der Waals surface area contributed by atoms with Crippen molar-refractivity contribution in [3.8, 4) is 5.88 Å². The second-order valence-corrected chi connectivity index (χ2v) is 11.9. The van der Waals surface area contributed by atoms with E-state index in [0.29, 0.717) is 36.7 Å². The molecule has 2 aromatic heterocycles. The van der Waals surface area contributed by atoms with E-state index in [1.807, 2.05) is 20.0 Å². The molecule has 0 saturated carbocycles. The van der Waals surface area contributed by atoms with Gasteiger partial charge >= 0.3 is 0 Å². The minimum absolute atomic E-state index is 0.0274. The zero-order valence-corrected chi connectivity index (χ0v) is 21.4. The van der Waals surface area contributed by atoms with E-state index in [1.54, 1.807) is 17.3 Å². The number of fused-ring (bicyclic) bond motifs is 2. The molecule has 0 amide bonds. The summed E-state index contributed by atoms with van der Waals surface area (Å²) in [5.74, 6) is 2.44. The summed E-state index contributed by atoms with van der Waals surface area (Å²) in [5, 5.41) is 10.4. The zero-order valence-electron chi connectivity index (χ0n) is 20.6. The lowest BCUT2D eigenvalue weighted by Gasteiger charge is -2.49. The summed E-state index contributed by atoms with van der Waals surface area (Å²) >= 11 is 0. The molecule has 4 atom stereocenters. The molecule has 12 heteroatoms. The van der Waals surface area contributed by atoms with Gasteiger partial charge in [0.1, 0.15) is 11.9 Å². The van der Waals surface area contributed by atoms with E-state index < -0.39 is 10.0 Å². The third-order valence-corrected chi connectivity index (χ3v) is 9.23. The Morgan fingerprint density at radius 3 is 2.60 bits per heavy atom. The highest BCUT2D eigenvalue weighted by Crippen LogP contribution is 2.38. The van der Waals surface area contributed by atoms with Gasteiger partial charge in [0.15, 0.2) is 5.82 Å². The highest BCUT2D eigenvalue weighted by atomic mass is 32.2. The summed E-state index contributed by atoms with van der Waals surface area (Å²) in [4.78, 5) is 11.6. The average Bonchev–Trinajstić information content (AvgIpc) is 3.49. The molecule has 2 N–H and O–H groups in total. The van der Waals surface area contributed by atoms with Gasteiger partial charge in [-0.1, -0.05) is 6.42 Å². The van der Waals surface area contributed by atoms with Gasteiger partial charge in [-0.25, -0.2) is 8.42 Å². The number of aromatic amines is 1. The summed E-state index contributed by atoms with van der Waals surface area (Å²) in [6.07, 6.45) is 5.18. The van der Waals surface area contributed by atoms with Crippen molar-refractivity contribution in [2.24, 2.45) is 0 Å². The van der Waals surface area contributed by atoms with Crippen molar-refractivity contribution < 1.29 is 17.9 Å². The van der Waals surface area contributed by atoms with Crippen LogP contribution < -0.4 is 15.0 Å². The number of aromatic nitrogens is 4. The first kappa shape index (κ1) is 24.3. The van der Waals surface area contributed by atoms with Crippen molar-refractivity contribution in [1.29, 1.82) is 0 Å². The molecule has 5 heterocycles. The van der Waals surface area contributed by atoms with Crippen LogP contribution in [0.1, 0.15) is 51.1 Å². The third kappa shape index (κ3) is 5.24. The Balaban J connectivity index is 1.40. The fraction of sp³-hybridized carbons (Fsp3) is 0.696. The molecule has 2 bridgehead atoms. The summed E-state index contributed by atoms with van der Waals surface area (Å²) in [6.45, 7) is 4.90. The first-order chi connectivity index (χ1) is 16.8. The number of H-pyrrole nitrogens is 1. The lowest BCUT2D eigenvalue weighted by Crippen LogP contribution is -2.58. The standard InChI is InChI=1S/C23H35N7O4S/c1-4-35(31,32)30-16-6-5-7-17(30)12-18(11-16)29(3)23-25-20(24-21-10-15(2)27-28-21)13-22(26-23)34-19-8-9-33-14-19/h10,13,16-19H,4-9,11-12,14H2,1-3H3,(H2,24,25,26,27,28)/t16-,17+,18+,19-/m0/s1. The smallest absolute Gasteiger partial charge is 0.230 e. The van der Waals surface area contributed by atoms with Crippen molar-refractivity contribution in [2.45, 2.75) is 76.6 Å². The molecule has 3 saturated heterocycles. The molecule has 11 nitrogen and oxygen atoms in total. The van der Waals surface area contributed by atoms with Crippen molar-refractivity contribution in [3.63, 3.8) is 0 Å². The normalized spacial score (nSPS) is 27.1. The highest BCUT2D eigenvalue weighted by molar-refractivity contribution is 7.89. The van der Waals surface area contributed by atoms with E-state index in [-0.39, 0.29) is 30.0 Å². The van der Waals surface area contributed by atoms with E-state index >= 15 is 0 Å². The van der Waals surface area contributed by atoms with Crippen LogP contribution in [-0.2, 0) is 14.8 Å². The second-order valence-electron chi connectivity index (χ2n) is 9.76.